The molecule has 0 radical (unpaired) electrons. The molecule has 0 unspecified atom stereocenters. The summed E-state index contributed by atoms with van der Waals surface area (Å²) in [7, 11) is -1.22. The molecule has 12 heteroatoms. The van der Waals surface area contributed by atoms with Crippen molar-refractivity contribution in [2.45, 2.75) is 37.8 Å². The number of nitrogens with zero attached hydrogens (tertiary/aromatic N) is 1. The molecule has 0 atom stereocenters. The maximum Gasteiger partial charge on any atom is 0.407 e. The lowest BCUT2D eigenvalue weighted by atomic mass is 10.1. The maximum atomic E-state index is 14.0. The number of carbonyl (C=O) groups is 1. The summed E-state index contributed by atoms with van der Waals surface area (Å²) in [6, 6.07) is 22.9. The van der Waals surface area contributed by atoms with Gasteiger partial charge in [0.2, 0.25) is 0 Å². The Labute approximate surface area is 274 Å². The van der Waals surface area contributed by atoms with Gasteiger partial charge in [0.15, 0.2) is 0 Å². The van der Waals surface area contributed by atoms with Gasteiger partial charge in [-0.2, -0.15) is 0 Å². The van der Waals surface area contributed by atoms with Crippen LogP contribution in [0.4, 0.5) is 20.6 Å². The lowest BCUT2D eigenvalue weighted by Crippen LogP contribution is -2.38. The van der Waals surface area contributed by atoms with Crippen LogP contribution in [-0.2, 0) is 21.3 Å². The van der Waals surface area contributed by atoms with Gasteiger partial charge in [-0.1, -0.05) is 35.9 Å². The van der Waals surface area contributed by atoms with E-state index in [-0.39, 0.29) is 22.2 Å². The topological polar surface area (TPSA) is 106 Å². The van der Waals surface area contributed by atoms with Crippen LogP contribution in [0.3, 0.4) is 0 Å². The van der Waals surface area contributed by atoms with Crippen molar-refractivity contribution < 1.29 is 31.8 Å². The molecule has 0 aromatic heterocycles. The van der Waals surface area contributed by atoms with Crippen LogP contribution < -0.4 is 24.4 Å². The summed E-state index contributed by atoms with van der Waals surface area (Å²) in [5, 5.41) is 3.05. The molecule has 0 saturated carbocycles. The molecule has 4 aromatic carbocycles. The van der Waals surface area contributed by atoms with Gasteiger partial charge >= 0.3 is 6.09 Å². The smallest absolute Gasteiger partial charge is 0.407 e. The van der Waals surface area contributed by atoms with Crippen molar-refractivity contribution in [3.8, 4) is 22.6 Å². The van der Waals surface area contributed by atoms with Crippen LogP contribution in [0.15, 0.2) is 89.8 Å². The van der Waals surface area contributed by atoms with Crippen molar-refractivity contribution in [2.24, 2.45) is 0 Å². The first kappa shape index (κ1) is 34.4. The second kappa shape index (κ2) is 14.7. The van der Waals surface area contributed by atoms with Crippen LogP contribution in [0.5, 0.6) is 11.5 Å². The molecule has 0 fully saturated rings. The summed E-state index contributed by atoms with van der Waals surface area (Å²) >= 11 is 6.30. The minimum absolute atomic E-state index is 0.106. The highest BCUT2D eigenvalue weighted by atomic mass is 35.5. The highest BCUT2D eigenvalue weighted by molar-refractivity contribution is 7.92. The standard InChI is InChI=1S/C34H37ClFN3O6S/c1-34(2,3)45-33(40)37-17-18-39(22-23-9-13-28(43-4)14-10-23)27-8-6-7-26(21-27)38-46(41,42)32-19-24(11-16-31(32)44-5)29-20-25(36)12-15-30(29)35/h6-16,19-21,38H,17-18,22H2,1-5H3,(H,37,40). The second-order valence-electron chi connectivity index (χ2n) is 11.3. The third kappa shape index (κ3) is 9.27. The van der Waals surface area contributed by atoms with Crippen molar-refractivity contribution in [3.63, 3.8) is 0 Å². The summed E-state index contributed by atoms with van der Waals surface area (Å²) < 4.78 is 60.1. The molecule has 244 valence electrons. The average Bonchev–Trinajstić information content (AvgIpc) is 3.01. The number of carbonyl (C=O) groups excluding carboxylic acids is 1. The molecule has 4 rings (SSSR count). The molecule has 0 saturated heterocycles. The van der Waals surface area contributed by atoms with Crippen LogP contribution in [0, 0.1) is 5.82 Å². The Balaban J connectivity index is 1.61. The lowest BCUT2D eigenvalue weighted by molar-refractivity contribution is 0.0529. The molecule has 4 aromatic rings. The normalized spacial score (nSPS) is 11.5. The maximum absolute atomic E-state index is 14.0. The number of ether oxygens (including phenoxy) is 3. The van der Waals surface area contributed by atoms with Crippen LogP contribution >= 0.6 is 11.6 Å². The summed E-state index contributed by atoms with van der Waals surface area (Å²) in [4.78, 5) is 14.1. The number of hydrogen-bond acceptors (Lipinski definition) is 7. The van der Waals surface area contributed by atoms with E-state index in [1.165, 1.54) is 37.4 Å². The first-order valence-corrected chi connectivity index (χ1v) is 16.2. The monoisotopic (exact) mass is 669 g/mol. The Morgan fingerprint density at radius 3 is 2.35 bits per heavy atom. The zero-order valence-electron chi connectivity index (χ0n) is 26.3. The SMILES string of the molecule is COc1ccc(CN(CCNC(=O)OC(C)(C)C)c2cccc(NS(=O)(=O)c3cc(-c4cc(F)ccc4Cl)ccc3OC)c2)cc1. The van der Waals surface area contributed by atoms with Crippen molar-refractivity contribution in [1.82, 2.24) is 5.32 Å². The molecule has 46 heavy (non-hydrogen) atoms. The Kier molecular flexibility index (Phi) is 11.0. The van der Waals surface area contributed by atoms with Gasteiger partial charge in [-0.3, -0.25) is 4.72 Å². The van der Waals surface area contributed by atoms with E-state index in [4.69, 9.17) is 25.8 Å². The van der Waals surface area contributed by atoms with Crippen LogP contribution in [0.2, 0.25) is 5.02 Å². The minimum Gasteiger partial charge on any atom is -0.497 e. The Morgan fingerprint density at radius 1 is 0.935 bits per heavy atom. The molecule has 0 spiro atoms. The van der Waals surface area contributed by atoms with Gasteiger partial charge in [-0.05, 0) is 92.6 Å². The predicted octanol–water partition coefficient (Wildman–Crippen LogP) is 7.50. The molecule has 0 aliphatic carbocycles. The van der Waals surface area contributed by atoms with E-state index in [9.17, 15) is 17.6 Å². The summed E-state index contributed by atoms with van der Waals surface area (Å²) in [5.74, 6) is 0.321. The van der Waals surface area contributed by atoms with Gasteiger partial charge < -0.3 is 24.4 Å². The average molecular weight is 670 g/mol. The number of nitrogens with one attached hydrogen (secondary N) is 2. The van der Waals surface area contributed by atoms with E-state index >= 15 is 0 Å². The fourth-order valence-electron chi connectivity index (χ4n) is 4.61. The number of methoxy groups -OCH3 is 2. The number of hydrogen-bond donors (Lipinski definition) is 2. The van der Waals surface area contributed by atoms with Crippen molar-refractivity contribution in [2.75, 3.05) is 36.9 Å². The summed E-state index contributed by atoms with van der Waals surface area (Å²) in [6.07, 6.45) is -0.533. The zero-order chi connectivity index (χ0) is 33.5. The molecule has 0 aliphatic heterocycles. The third-order valence-corrected chi connectivity index (χ3v) is 8.47. The van der Waals surface area contributed by atoms with Crippen LogP contribution in [0.1, 0.15) is 26.3 Å². The molecule has 9 nitrogen and oxygen atoms in total. The fraction of sp³-hybridized carbons (Fsp3) is 0.265. The molecule has 1 amide bonds. The van der Waals surface area contributed by atoms with Gasteiger partial charge in [0.25, 0.3) is 10.0 Å². The quantitative estimate of drug-likeness (QED) is 0.161. The minimum atomic E-state index is -4.18. The first-order chi connectivity index (χ1) is 21.8. The first-order valence-electron chi connectivity index (χ1n) is 14.4. The largest absolute Gasteiger partial charge is 0.497 e. The predicted molar refractivity (Wildman–Crippen MR) is 179 cm³/mol. The van der Waals surface area contributed by atoms with Gasteiger partial charge in [-0.25, -0.2) is 17.6 Å². The number of halogens is 2. The Morgan fingerprint density at radius 2 is 1.67 bits per heavy atom. The van der Waals surface area contributed by atoms with Crippen molar-refractivity contribution >= 4 is 39.1 Å². The third-order valence-electron chi connectivity index (χ3n) is 6.74. The molecule has 0 bridgehead atoms. The van der Waals surface area contributed by atoms with Crippen molar-refractivity contribution in [3.05, 3.63) is 101 Å². The summed E-state index contributed by atoms with van der Waals surface area (Å²) in [6.45, 7) is 6.49. The molecule has 0 heterocycles. The highest BCUT2D eigenvalue weighted by Gasteiger charge is 2.22. The van der Waals surface area contributed by atoms with E-state index in [2.05, 4.69) is 10.0 Å². The van der Waals surface area contributed by atoms with E-state index in [1.807, 2.05) is 35.2 Å². The zero-order valence-corrected chi connectivity index (χ0v) is 27.8. The van der Waals surface area contributed by atoms with Gasteiger partial charge in [0, 0.05) is 35.9 Å². The molecular formula is C34H37ClFN3O6S. The number of sulfonamides is 1. The second-order valence-corrected chi connectivity index (χ2v) is 13.4. The number of benzene rings is 4. The molecular weight excluding hydrogens is 633 g/mol. The number of alkyl carbamates (subject to hydrolysis) is 1. The lowest BCUT2D eigenvalue weighted by Gasteiger charge is -2.26. The number of rotatable bonds is 12. The highest BCUT2D eigenvalue weighted by Crippen LogP contribution is 2.35. The van der Waals surface area contributed by atoms with Crippen LogP contribution in [0.25, 0.3) is 11.1 Å². The fourth-order valence-corrected chi connectivity index (χ4v) is 6.08. The number of amides is 1. The van der Waals surface area contributed by atoms with E-state index in [0.717, 1.165) is 11.3 Å². The van der Waals surface area contributed by atoms with Gasteiger partial charge in [-0.15, -0.1) is 0 Å². The van der Waals surface area contributed by atoms with Crippen molar-refractivity contribution in [1.29, 1.82) is 0 Å². The molecule has 0 aliphatic rings. The van der Waals surface area contributed by atoms with E-state index in [1.54, 1.807) is 52.1 Å². The van der Waals surface area contributed by atoms with E-state index in [0.29, 0.717) is 35.6 Å². The van der Waals surface area contributed by atoms with Gasteiger partial charge in [0.05, 0.1) is 19.9 Å². The van der Waals surface area contributed by atoms with Crippen LogP contribution in [-0.4, -0.2) is 47.4 Å². The molecule has 2 N–H and O–H groups in total. The summed E-state index contributed by atoms with van der Waals surface area (Å²) in [5.41, 5.74) is 2.09. The van der Waals surface area contributed by atoms with Gasteiger partial charge in [0.1, 0.15) is 27.8 Å². The Hall–Kier alpha value is -4.48. The van der Waals surface area contributed by atoms with E-state index < -0.39 is 27.5 Å². The Bertz CT molecular complexity index is 1780. The number of anilines is 2.